The summed E-state index contributed by atoms with van der Waals surface area (Å²) >= 11 is 0. The maximum Gasteiger partial charge on any atom is 0.244 e. The number of aromatic hydroxyl groups is 1. The molecular weight excluding hydrogens is 298 g/mol. The Labute approximate surface area is 140 Å². The topological polar surface area (TPSA) is 49.3 Å². The standard InChI is InChI=1S/C21H17NO2/c1-14-11-12-19(23)17(13-14)21(15-7-3-2-4-8-15)16-9-5-6-10-18(16)22-20(21)24/h2-13,23H,1H3,(H,22,24)/t21-/m0/s1. The first-order valence-electron chi connectivity index (χ1n) is 7.90. The van der Waals surface area contributed by atoms with Gasteiger partial charge in [-0.1, -0.05) is 66.2 Å². The van der Waals surface area contributed by atoms with Gasteiger partial charge in [0.1, 0.15) is 11.2 Å². The Morgan fingerprint density at radius 2 is 1.58 bits per heavy atom. The summed E-state index contributed by atoms with van der Waals surface area (Å²) in [7, 11) is 0. The van der Waals surface area contributed by atoms with E-state index >= 15 is 0 Å². The summed E-state index contributed by atoms with van der Waals surface area (Å²) in [5, 5.41) is 13.6. The van der Waals surface area contributed by atoms with Crippen LogP contribution in [0.1, 0.15) is 22.3 Å². The van der Waals surface area contributed by atoms with Crippen LogP contribution in [0.2, 0.25) is 0 Å². The highest BCUT2D eigenvalue weighted by Gasteiger charge is 2.50. The summed E-state index contributed by atoms with van der Waals surface area (Å²) in [5.41, 5.74) is 3.04. The monoisotopic (exact) mass is 315 g/mol. The smallest absolute Gasteiger partial charge is 0.244 e. The molecule has 0 radical (unpaired) electrons. The first kappa shape index (κ1) is 14.5. The molecule has 24 heavy (non-hydrogen) atoms. The summed E-state index contributed by atoms with van der Waals surface area (Å²) in [6, 6.07) is 22.7. The number of phenolic OH excluding ortho intramolecular Hbond substituents is 1. The molecule has 4 rings (SSSR count). The fraction of sp³-hybridized carbons (Fsp3) is 0.0952. The number of para-hydroxylation sites is 1. The number of aryl methyl sites for hydroxylation is 1. The maximum atomic E-state index is 13.2. The lowest BCUT2D eigenvalue weighted by molar-refractivity contribution is -0.118. The highest BCUT2D eigenvalue weighted by atomic mass is 16.3. The van der Waals surface area contributed by atoms with E-state index in [9.17, 15) is 9.90 Å². The molecule has 0 aliphatic carbocycles. The molecule has 0 bridgehead atoms. The van der Waals surface area contributed by atoms with Gasteiger partial charge in [0.15, 0.2) is 0 Å². The molecule has 3 heteroatoms. The molecule has 0 unspecified atom stereocenters. The van der Waals surface area contributed by atoms with E-state index in [2.05, 4.69) is 5.32 Å². The van der Waals surface area contributed by atoms with Crippen LogP contribution in [0.15, 0.2) is 72.8 Å². The molecule has 0 spiro atoms. The largest absolute Gasteiger partial charge is 0.508 e. The van der Waals surface area contributed by atoms with Crippen molar-refractivity contribution in [3.63, 3.8) is 0 Å². The zero-order valence-electron chi connectivity index (χ0n) is 13.3. The van der Waals surface area contributed by atoms with E-state index in [0.717, 1.165) is 22.4 Å². The number of phenols is 1. The van der Waals surface area contributed by atoms with Crippen molar-refractivity contribution in [1.29, 1.82) is 0 Å². The highest BCUT2D eigenvalue weighted by molar-refractivity contribution is 6.11. The van der Waals surface area contributed by atoms with E-state index in [0.29, 0.717) is 5.56 Å². The zero-order valence-corrected chi connectivity index (χ0v) is 13.3. The molecule has 1 atom stereocenters. The van der Waals surface area contributed by atoms with Gasteiger partial charge in [0.2, 0.25) is 5.91 Å². The molecule has 0 aromatic heterocycles. The lowest BCUT2D eigenvalue weighted by Gasteiger charge is -2.29. The second-order valence-electron chi connectivity index (χ2n) is 6.14. The molecule has 0 saturated carbocycles. The molecule has 3 aromatic rings. The van der Waals surface area contributed by atoms with Crippen LogP contribution in [0, 0.1) is 6.92 Å². The summed E-state index contributed by atoms with van der Waals surface area (Å²) in [6.07, 6.45) is 0. The molecule has 3 aromatic carbocycles. The SMILES string of the molecule is Cc1ccc(O)c([C@@]2(c3ccccc3)C(=O)Nc3ccccc32)c1. The van der Waals surface area contributed by atoms with Gasteiger partial charge in [0.05, 0.1) is 0 Å². The minimum absolute atomic E-state index is 0.122. The van der Waals surface area contributed by atoms with Crippen LogP contribution in [-0.4, -0.2) is 11.0 Å². The van der Waals surface area contributed by atoms with Crippen LogP contribution in [0.25, 0.3) is 0 Å². The molecule has 3 nitrogen and oxygen atoms in total. The fourth-order valence-corrected chi connectivity index (χ4v) is 3.61. The third kappa shape index (κ3) is 1.88. The number of carbonyl (C=O) groups is 1. The minimum Gasteiger partial charge on any atom is -0.508 e. The van der Waals surface area contributed by atoms with Crippen molar-refractivity contribution in [2.75, 3.05) is 5.32 Å². The van der Waals surface area contributed by atoms with Crippen molar-refractivity contribution in [3.05, 3.63) is 95.1 Å². The Balaban J connectivity index is 2.13. The predicted molar refractivity (Wildman–Crippen MR) is 94.2 cm³/mol. The molecular formula is C21H17NO2. The molecule has 118 valence electrons. The van der Waals surface area contributed by atoms with E-state index in [-0.39, 0.29) is 11.7 Å². The first-order valence-corrected chi connectivity index (χ1v) is 7.90. The molecule has 1 heterocycles. The van der Waals surface area contributed by atoms with E-state index in [4.69, 9.17) is 0 Å². The molecule has 2 N–H and O–H groups in total. The number of nitrogens with one attached hydrogen (secondary N) is 1. The Hall–Kier alpha value is -3.07. The van der Waals surface area contributed by atoms with Gasteiger partial charge in [-0.2, -0.15) is 0 Å². The van der Waals surface area contributed by atoms with Gasteiger partial charge < -0.3 is 10.4 Å². The second kappa shape index (κ2) is 5.24. The molecule has 1 amide bonds. The second-order valence-corrected chi connectivity index (χ2v) is 6.14. The third-order valence-corrected chi connectivity index (χ3v) is 4.68. The van der Waals surface area contributed by atoms with Gasteiger partial charge in [-0.15, -0.1) is 0 Å². The number of fused-ring (bicyclic) bond motifs is 1. The van der Waals surface area contributed by atoms with Crippen LogP contribution >= 0.6 is 0 Å². The van der Waals surface area contributed by atoms with Crippen molar-refractivity contribution in [2.24, 2.45) is 0 Å². The molecule has 1 aliphatic rings. The summed E-state index contributed by atoms with van der Waals surface area (Å²) < 4.78 is 0. The summed E-state index contributed by atoms with van der Waals surface area (Å²) in [4.78, 5) is 13.2. The van der Waals surface area contributed by atoms with E-state index in [1.54, 1.807) is 6.07 Å². The average Bonchev–Trinajstić information content (AvgIpc) is 2.90. The number of carbonyl (C=O) groups excluding carboxylic acids is 1. The number of benzene rings is 3. The van der Waals surface area contributed by atoms with Crippen molar-refractivity contribution >= 4 is 11.6 Å². The quantitative estimate of drug-likeness (QED) is 0.751. The number of amides is 1. The Morgan fingerprint density at radius 3 is 2.38 bits per heavy atom. The van der Waals surface area contributed by atoms with Crippen LogP contribution < -0.4 is 5.32 Å². The van der Waals surface area contributed by atoms with Crippen molar-refractivity contribution in [2.45, 2.75) is 12.3 Å². The number of anilines is 1. The lowest BCUT2D eigenvalue weighted by Crippen LogP contribution is -2.37. The van der Waals surface area contributed by atoms with Crippen molar-refractivity contribution in [3.8, 4) is 5.75 Å². The van der Waals surface area contributed by atoms with E-state index < -0.39 is 5.41 Å². The third-order valence-electron chi connectivity index (χ3n) is 4.68. The van der Waals surface area contributed by atoms with Crippen LogP contribution in [0.5, 0.6) is 5.75 Å². The van der Waals surface area contributed by atoms with Crippen LogP contribution in [0.3, 0.4) is 0 Å². The summed E-state index contributed by atoms with van der Waals surface area (Å²) in [5.74, 6) is -0.0212. The maximum absolute atomic E-state index is 13.2. The highest BCUT2D eigenvalue weighted by Crippen LogP contribution is 2.50. The van der Waals surface area contributed by atoms with Gasteiger partial charge in [-0.25, -0.2) is 0 Å². The number of hydrogen-bond donors (Lipinski definition) is 2. The fourth-order valence-electron chi connectivity index (χ4n) is 3.61. The Kier molecular flexibility index (Phi) is 3.17. The van der Waals surface area contributed by atoms with Gasteiger partial charge in [0, 0.05) is 16.8 Å². The number of hydrogen-bond acceptors (Lipinski definition) is 2. The van der Waals surface area contributed by atoms with Gasteiger partial charge in [0.25, 0.3) is 0 Å². The van der Waals surface area contributed by atoms with Crippen LogP contribution in [0.4, 0.5) is 5.69 Å². The number of rotatable bonds is 2. The van der Waals surface area contributed by atoms with Gasteiger partial charge in [-0.3, -0.25) is 4.79 Å². The lowest BCUT2D eigenvalue weighted by atomic mass is 9.69. The summed E-state index contributed by atoms with van der Waals surface area (Å²) in [6.45, 7) is 1.96. The Bertz CT molecular complexity index is 934. The first-order chi connectivity index (χ1) is 11.6. The van der Waals surface area contributed by atoms with E-state index in [1.807, 2.05) is 73.7 Å². The van der Waals surface area contributed by atoms with Gasteiger partial charge in [-0.05, 0) is 24.6 Å². The molecule has 0 saturated heterocycles. The zero-order chi connectivity index (χ0) is 16.7. The van der Waals surface area contributed by atoms with E-state index in [1.165, 1.54) is 0 Å². The van der Waals surface area contributed by atoms with Crippen LogP contribution in [-0.2, 0) is 10.2 Å². The molecule has 1 aliphatic heterocycles. The normalized spacial score (nSPS) is 19.0. The predicted octanol–water partition coefficient (Wildman–Crippen LogP) is 3.99. The Morgan fingerprint density at radius 1 is 0.875 bits per heavy atom. The van der Waals surface area contributed by atoms with Crippen molar-refractivity contribution in [1.82, 2.24) is 0 Å². The van der Waals surface area contributed by atoms with Crippen molar-refractivity contribution < 1.29 is 9.90 Å². The molecule has 0 fully saturated rings. The minimum atomic E-state index is -1.05. The van der Waals surface area contributed by atoms with Gasteiger partial charge >= 0.3 is 0 Å². The average molecular weight is 315 g/mol.